The maximum atomic E-state index is 5.66. The van der Waals surface area contributed by atoms with Gasteiger partial charge in [-0.1, -0.05) is 18.2 Å². The first-order chi connectivity index (χ1) is 6.24. The molecule has 1 aromatic carbocycles. The van der Waals surface area contributed by atoms with Crippen molar-refractivity contribution in [2.24, 2.45) is 0 Å². The summed E-state index contributed by atoms with van der Waals surface area (Å²) in [5.74, 6) is 0.901. The predicted octanol–water partition coefficient (Wildman–Crippen LogP) is 2.71. The summed E-state index contributed by atoms with van der Waals surface area (Å²) in [5, 5.41) is 1.95. The van der Waals surface area contributed by atoms with Gasteiger partial charge in [0, 0.05) is 12.6 Å². The summed E-state index contributed by atoms with van der Waals surface area (Å²) in [6, 6.07) is 10.3. The topological polar surface area (TPSA) is 12.5 Å². The Morgan fingerprint density at radius 2 is 1.85 bits per heavy atom. The smallest absolute Gasteiger partial charge is 0.147 e. The standard InChI is InChI=1S/C11H17NO/c1-4-12(10(2)3)13-11-8-6-5-7-9-11/h5-10H,4H2,1-3H3. The van der Waals surface area contributed by atoms with Gasteiger partial charge in [-0.3, -0.25) is 0 Å². The molecule has 0 aliphatic carbocycles. The normalized spacial score (nSPS) is 10.8. The lowest BCUT2D eigenvalue weighted by Crippen LogP contribution is -2.33. The van der Waals surface area contributed by atoms with Crippen molar-refractivity contribution in [3.63, 3.8) is 0 Å². The van der Waals surface area contributed by atoms with Gasteiger partial charge in [0.2, 0.25) is 0 Å². The quantitative estimate of drug-likeness (QED) is 0.659. The number of nitrogens with zero attached hydrogens (tertiary/aromatic N) is 1. The van der Waals surface area contributed by atoms with Gasteiger partial charge in [0.05, 0.1) is 0 Å². The highest BCUT2D eigenvalue weighted by Gasteiger charge is 2.07. The molecule has 72 valence electrons. The van der Waals surface area contributed by atoms with Crippen LogP contribution in [0.3, 0.4) is 0 Å². The maximum absolute atomic E-state index is 5.66. The Bertz CT molecular complexity index is 233. The number of hydroxylamine groups is 2. The van der Waals surface area contributed by atoms with E-state index in [1.54, 1.807) is 0 Å². The van der Waals surface area contributed by atoms with Crippen LogP contribution in [-0.4, -0.2) is 17.6 Å². The zero-order valence-electron chi connectivity index (χ0n) is 8.53. The fraction of sp³-hybridized carbons (Fsp3) is 0.455. The minimum Gasteiger partial charge on any atom is -0.406 e. The third-order valence-electron chi connectivity index (χ3n) is 1.85. The summed E-state index contributed by atoms with van der Waals surface area (Å²) in [5.41, 5.74) is 0. The number of hydrogen-bond acceptors (Lipinski definition) is 2. The Hall–Kier alpha value is -1.02. The Morgan fingerprint density at radius 3 is 2.31 bits per heavy atom. The molecule has 0 aromatic heterocycles. The molecule has 0 saturated carbocycles. The van der Waals surface area contributed by atoms with E-state index < -0.39 is 0 Å². The van der Waals surface area contributed by atoms with E-state index in [-0.39, 0.29) is 0 Å². The van der Waals surface area contributed by atoms with Gasteiger partial charge in [-0.15, -0.1) is 5.06 Å². The van der Waals surface area contributed by atoms with Crippen LogP contribution >= 0.6 is 0 Å². The van der Waals surface area contributed by atoms with Crippen LogP contribution in [0, 0.1) is 0 Å². The van der Waals surface area contributed by atoms with Crippen molar-refractivity contribution in [1.82, 2.24) is 5.06 Å². The first-order valence-electron chi connectivity index (χ1n) is 4.73. The van der Waals surface area contributed by atoms with Crippen LogP contribution in [0.1, 0.15) is 20.8 Å². The van der Waals surface area contributed by atoms with E-state index in [9.17, 15) is 0 Å². The molecule has 0 bridgehead atoms. The summed E-state index contributed by atoms with van der Waals surface area (Å²) in [6.45, 7) is 7.22. The lowest BCUT2D eigenvalue weighted by atomic mass is 10.3. The van der Waals surface area contributed by atoms with E-state index in [4.69, 9.17) is 4.84 Å². The number of benzene rings is 1. The van der Waals surface area contributed by atoms with Crippen LogP contribution in [0.5, 0.6) is 5.75 Å². The van der Waals surface area contributed by atoms with E-state index >= 15 is 0 Å². The molecule has 2 nitrogen and oxygen atoms in total. The Morgan fingerprint density at radius 1 is 1.23 bits per heavy atom. The third kappa shape index (κ3) is 3.07. The molecule has 0 unspecified atom stereocenters. The van der Waals surface area contributed by atoms with Crippen LogP contribution in [0.4, 0.5) is 0 Å². The number of hydrogen-bond donors (Lipinski definition) is 0. The second-order valence-corrected chi connectivity index (χ2v) is 3.23. The lowest BCUT2D eigenvalue weighted by molar-refractivity contribution is -0.0805. The highest BCUT2D eigenvalue weighted by Crippen LogP contribution is 2.11. The Kier molecular flexibility index (Phi) is 3.77. The average Bonchev–Trinajstić information content (AvgIpc) is 2.15. The van der Waals surface area contributed by atoms with Gasteiger partial charge in [0.25, 0.3) is 0 Å². The third-order valence-corrected chi connectivity index (χ3v) is 1.85. The molecule has 0 fully saturated rings. The largest absolute Gasteiger partial charge is 0.406 e. The second kappa shape index (κ2) is 4.87. The molecule has 0 aliphatic rings. The zero-order valence-corrected chi connectivity index (χ0v) is 8.53. The molecule has 0 saturated heterocycles. The molecule has 13 heavy (non-hydrogen) atoms. The van der Waals surface area contributed by atoms with E-state index in [0.29, 0.717) is 6.04 Å². The molecule has 1 aromatic rings. The van der Waals surface area contributed by atoms with Gasteiger partial charge >= 0.3 is 0 Å². The van der Waals surface area contributed by atoms with Crippen LogP contribution < -0.4 is 4.84 Å². The molecule has 0 amide bonds. The molecular weight excluding hydrogens is 162 g/mol. The zero-order chi connectivity index (χ0) is 9.68. The molecule has 2 heteroatoms. The SMILES string of the molecule is CCN(Oc1ccccc1)C(C)C. The molecule has 0 radical (unpaired) electrons. The molecule has 0 aliphatic heterocycles. The molecule has 0 heterocycles. The van der Waals surface area contributed by atoms with Crippen molar-refractivity contribution in [1.29, 1.82) is 0 Å². The summed E-state index contributed by atoms with van der Waals surface area (Å²) in [7, 11) is 0. The first kappa shape index (κ1) is 10.1. The van der Waals surface area contributed by atoms with Crippen molar-refractivity contribution in [2.45, 2.75) is 26.8 Å². The van der Waals surface area contributed by atoms with Gasteiger partial charge in [-0.05, 0) is 32.9 Å². The van der Waals surface area contributed by atoms with Crippen molar-refractivity contribution in [3.8, 4) is 5.75 Å². The molecule has 0 atom stereocenters. The highest BCUT2D eigenvalue weighted by atomic mass is 16.7. The molecule has 1 rings (SSSR count). The van der Waals surface area contributed by atoms with Crippen LogP contribution in [0.2, 0.25) is 0 Å². The van der Waals surface area contributed by atoms with E-state index in [1.807, 2.05) is 35.4 Å². The minimum atomic E-state index is 0.408. The number of rotatable bonds is 4. The second-order valence-electron chi connectivity index (χ2n) is 3.23. The fourth-order valence-electron chi connectivity index (χ4n) is 1.15. The van der Waals surface area contributed by atoms with Crippen LogP contribution in [-0.2, 0) is 0 Å². The maximum Gasteiger partial charge on any atom is 0.147 e. The summed E-state index contributed by atoms with van der Waals surface area (Å²) >= 11 is 0. The van der Waals surface area contributed by atoms with E-state index in [1.165, 1.54) is 0 Å². The minimum absolute atomic E-state index is 0.408. The van der Waals surface area contributed by atoms with E-state index in [0.717, 1.165) is 12.3 Å². The Labute approximate surface area is 80.1 Å². The predicted molar refractivity (Wildman–Crippen MR) is 54.6 cm³/mol. The van der Waals surface area contributed by atoms with Gasteiger partial charge in [-0.25, -0.2) is 0 Å². The summed E-state index contributed by atoms with van der Waals surface area (Å²) in [6.07, 6.45) is 0. The van der Waals surface area contributed by atoms with E-state index in [2.05, 4.69) is 20.8 Å². The van der Waals surface area contributed by atoms with Crippen molar-refractivity contribution >= 4 is 0 Å². The average molecular weight is 179 g/mol. The summed E-state index contributed by atoms with van der Waals surface area (Å²) < 4.78 is 0. The lowest BCUT2D eigenvalue weighted by Gasteiger charge is -2.24. The van der Waals surface area contributed by atoms with Crippen LogP contribution in [0.15, 0.2) is 30.3 Å². The van der Waals surface area contributed by atoms with Crippen LogP contribution in [0.25, 0.3) is 0 Å². The van der Waals surface area contributed by atoms with Crippen molar-refractivity contribution in [2.75, 3.05) is 6.54 Å². The van der Waals surface area contributed by atoms with Crippen molar-refractivity contribution < 1.29 is 4.84 Å². The Balaban J connectivity index is 2.57. The molecular formula is C11H17NO. The van der Waals surface area contributed by atoms with Gasteiger partial charge in [0.1, 0.15) is 5.75 Å². The fourth-order valence-corrected chi connectivity index (χ4v) is 1.15. The van der Waals surface area contributed by atoms with Crippen molar-refractivity contribution in [3.05, 3.63) is 30.3 Å². The van der Waals surface area contributed by atoms with Gasteiger partial charge in [0.15, 0.2) is 0 Å². The highest BCUT2D eigenvalue weighted by molar-refractivity contribution is 5.20. The summed E-state index contributed by atoms with van der Waals surface area (Å²) in [4.78, 5) is 5.66. The molecule has 0 N–H and O–H groups in total. The van der Waals surface area contributed by atoms with Gasteiger partial charge < -0.3 is 4.84 Å². The monoisotopic (exact) mass is 179 g/mol. The molecule has 0 spiro atoms. The number of para-hydroxylation sites is 1. The van der Waals surface area contributed by atoms with Gasteiger partial charge in [-0.2, -0.15) is 0 Å². The first-order valence-corrected chi connectivity index (χ1v) is 4.73.